The quantitative estimate of drug-likeness (QED) is 0.343. The molecule has 2 aromatic carbocycles. The van der Waals surface area contributed by atoms with E-state index in [1.165, 1.54) is 56.7 Å². The van der Waals surface area contributed by atoms with Gasteiger partial charge in [0.15, 0.2) is 23.0 Å². The van der Waals surface area contributed by atoms with Crippen LogP contribution in [0.25, 0.3) is 17.7 Å². The number of ether oxygens (including phenoxy) is 4. The van der Waals surface area contributed by atoms with Crippen LogP contribution >= 0.6 is 0 Å². The fourth-order valence-corrected chi connectivity index (χ4v) is 2.85. The minimum atomic E-state index is -0.677. The van der Waals surface area contributed by atoms with E-state index in [0.29, 0.717) is 11.1 Å². The highest BCUT2D eigenvalue weighted by Crippen LogP contribution is 2.38. The Labute approximate surface area is 186 Å². The Balaban J connectivity index is 2.65. The van der Waals surface area contributed by atoms with Gasteiger partial charge >= 0.3 is 11.9 Å². The third kappa shape index (κ3) is 6.04. The summed E-state index contributed by atoms with van der Waals surface area (Å²) in [7, 11) is 2.78. The molecule has 8 nitrogen and oxygen atoms in total. The molecule has 2 aromatic rings. The lowest BCUT2D eigenvalue weighted by molar-refractivity contribution is -0.137. The zero-order valence-electron chi connectivity index (χ0n) is 18.4. The van der Waals surface area contributed by atoms with Crippen LogP contribution in [0.1, 0.15) is 30.5 Å². The van der Waals surface area contributed by atoms with Crippen LogP contribution in [0.15, 0.2) is 36.4 Å². The van der Waals surface area contributed by atoms with Crippen molar-refractivity contribution in [3.8, 4) is 23.0 Å². The summed E-state index contributed by atoms with van der Waals surface area (Å²) < 4.78 is 20.4. The van der Waals surface area contributed by atoms with Gasteiger partial charge in [0.2, 0.25) is 0 Å². The SMILES string of the molecule is CCOC(=O)/C=C/c1cc(OC)c(O)c(/C(=C\c2ccc(O)c(OC)c2)C(=O)OCC)c1. The maximum atomic E-state index is 12.8. The Hall–Kier alpha value is -3.94. The number of phenols is 2. The smallest absolute Gasteiger partial charge is 0.338 e. The van der Waals surface area contributed by atoms with Crippen molar-refractivity contribution in [1.82, 2.24) is 0 Å². The van der Waals surface area contributed by atoms with E-state index < -0.39 is 11.9 Å². The van der Waals surface area contributed by atoms with Gasteiger partial charge in [-0.05, 0) is 61.4 Å². The van der Waals surface area contributed by atoms with Crippen LogP contribution in [0.3, 0.4) is 0 Å². The molecule has 0 aromatic heterocycles. The molecular formula is C24H26O8. The summed E-state index contributed by atoms with van der Waals surface area (Å²) in [6, 6.07) is 7.57. The van der Waals surface area contributed by atoms with E-state index in [1.807, 2.05) is 0 Å². The largest absolute Gasteiger partial charge is 0.504 e. The van der Waals surface area contributed by atoms with E-state index in [0.717, 1.165) is 0 Å². The average Bonchev–Trinajstić information content (AvgIpc) is 2.78. The van der Waals surface area contributed by atoms with Gasteiger partial charge in [0.25, 0.3) is 0 Å². The predicted octanol–water partition coefficient (Wildman–Crippen LogP) is 3.80. The van der Waals surface area contributed by atoms with Crippen LogP contribution in [-0.4, -0.2) is 49.6 Å². The number of esters is 2. The molecule has 8 heteroatoms. The molecule has 0 radical (unpaired) electrons. The first-order valence-electron chi connectivity index (χ1n) is 9.86. The van der Waals surface area contributed by atoms with Crippen molar-refractivity contribution in [2.24, 2.45) is 0 Å². The van der Waals surface area contributed by atoms with E-state index >= 15 is 0 Å². The first-order valence-corrected chi connectivity index (χ1v) is 9.86. The third-order valence-electron chi connectivity index (χ3n) is 4.32. The van der Waals surface area contributed by atoms with Crippen molar-refractivity contribution in [1.29, 1.82) is 0 Å². The van der Waals surface area contributed by atoms with Crippen molar-refractivity contribution >= 4 is 29.7 Å². The van der Waals surface area contributed by atoms with Crippen molar-refractivity contribution in [3.05, 3.63) is 53.1 Å². The standard InChI is InChI=1S/C24H26O8/c1-5-31-22(26)10-8-16-11-17(23(27)21(14-16)30-4)18(24(28)32-6-2)12-15-7-9-19(25)20(13-15)29-3/h7-14,25,27H,5-6H2,1-4H3/b10-8+,18-12+. The van der Waals surface area contributed by atoms with Gasteiger partial charge < -0.3 is 29.2 Å². The molecule has 2 rings (SSSR count). The number of phenolic OH excluding ortho intramolecular Hbond substituents is 2. The molecule has 170 valence electrons. The van der Waals surface area contributed by atoms with E-state index in [9.17, 15) is 19.8 Å². The molecule has 0 unspecified atom stereocenters. The Morgan fingerprint density at radius 1 is 0.906 bits per heavy atom. The first-order chi connectivity index (χ1) is 15.3. The van der Waals surface area contributed by atoms with Gasteiger partial charge in [-0.3, -0.25) is 0 Å². The summed E-state index contributed by atoms with van der Waals surface area (Å²) in [6.45, 7) is 3.72. The fourth-order valence-electron chi connectivity index (χ4n) is 2.85. The van der Waals surface area contributed by atoms with Gasteiger partial charge in [0.05, 0.1) is 33.0 Å². The normalized spacial score (nSPS) is 11.3. The summed E-state index contributed by atoms with van der Waals surface area (Å²) in [4.78, 5) is 24.4. The molecule has 2 N–H and O–H groups in total. The molecule has 0 aliphatic rings. The molecule has 0 spiro atoms. The highest BCUT2D eigenvalue weighted by Gasteiger charge is 2.21. The van der Waals surface area contributed by atoms with Gasteiger partial charge in [0.1, 0.15) is 0 Å². The molecule has 0 saturated heterocycles. The number of carbonyl (C=O) groups excluding carboxylic acids is 2. The second-order valence-corrected chi connectivity index (χ2v) is 6.41. The zero-order chi connectivity index (χ0) is 23.7. The lowest BCUT2D eigenvalue weighted by Gasteiger charge is -2.14. The number of hydrogen-bond donors (Lipinski definition) is 2. The van der Waals surface area contributed by atoms with E-state index in [1.54, 1.807) is 19.9 Å². The van der Waals surface area contributed by atoms with Crippen molar-refractivity contribution in [2.45, 2.75) is 13.8 Å². The minimum absolute atomic E-state index is 0.0433. The van der Waals surface area contributed by atoms with Crippen LogP contribution in [0.4, 0.5) is 0 Å². The Morgan fingerprint density at radius 2 is 1.56 bits per heavy atom. The predicted molar refractivity (Wildman–Crippen MR) is 119 cm³/mol. The molecule has 0 atom stereocenters. The lowest BCUT2D eigenvalue weighted by atomic mass is 9.98. The minimum Gasteiger partial charge on any atom is -0.504 e. The highest BCUT2D eigenvalue weighted by atomic mass is 16.5. The summed E-state index contributed by atoms with van der Waals surface area (Å²) in [6.07, 6.45) is 4.21. The molecule has 32 heavy (non-hydrogen) atoms. The fraction of sp³-hybridized carbons (Fsp3) is 0.250. The van der Waals surface area contributed by atoms with Crippen LogP contribution in [0, 0.1) is 0 Å². The average molecular weight is 442 g/mol. The molecular weight excluding hydrogens is 416 g/mol. The van der Waals surface area contributed by atoms with Crippen LogP contribution < -0.4 is 9.47 Å². The summed E-state index contributed by atoms with van der Waals surface area (Å²) in [5.74, 6) is -1.22. The maximum Gasteiger partial charge on any atom is 0.338 e. The number of hydrogen-bond acceptors (Lipinski definition) is 8. The number of rotatable bonds is 9. The van der Waals surface area contributed by atoms with E-state index in [-0.39, 0.29) is 47.3 Å². The van der Waals surface area contributed by atoms with Gasteiger partial charge in [-0.2, -0.15) is 0 Å². The molecule has 0 fully saturated rings. The van der Waals surface area contributed by atoms with Crippen molar-refractivity contribution in [2.75, 3.05) is 27.4 Å². The number of aromatic hydroxyl groups is 2. The van der Waals surface area contributed by atoms with Gasteiger partial charge in [0, 0.05) is 11.6 Å². The van der Waals surface area contributed by atoms with Crippen LogP contribution in [0.5, 0.6) is 23.0 Å². The zero-order valence-corrected chi connectivity index (χ0v) is 18.4. The molecule has 0 aliphatic carbocycles. The highest BCUT2D eigenvalue weighted by molar-refractivity contribution is 6.22. The van der Waals surface area contributed by atoms with Gasteiger partial charge in [-0.1, -0.05) is 6.07 Å². The van der Waals surface area contributed by atoms with Crippen LogP contribution in [-0.2, 0) is 19.1 Å². The van der Waals surface area contributed by atoms with Gasteiger partial charge in [-0.15, -0.1) is 0 Å². The topological polar surface area (TPSA) is 112 Å². The van der Waals surface area contributed by atoms with E-state index in [2.05, 4.69) is 0 Å². The number of methoxy groups -OCH3 is 2. The Morgan fingerprint density at radius 3 is 2.19 bits per heavy atom. The number of carbonyl (C=O) groups is 2. The molecule has 0 aliphatic heterocycles. The van der Waals surface area contributed by atoms with Crippen molar-refractivity contribution < 1.29 is 38.7 Å². The molecule has 0 bridgehead atoms. The Kier molecular flexibility index (Phi) is 8.71. The monoisotopic (exact) mass is 442 g/mol. The second-order valence-electron chi connectivity index (χ2n) is 6.41. The van der Waals surface area contributed by atoms with Gasteiger partial charge in [-0.25, -0.2) is 9.59 Å². The van der Waals surface area contributed by atoms with Crippen molar-refractivity contribution in [3.63, 3.8) is 0 Å². The Bertz CT molecular complexity index is 1040. The molecule has 0 heterocycles. The maximum absolute atomic E-state index is 12.8. The summed E-state index contributed by atoms with van der Waals surface area (Å²) >= 11 is 0. The lowest BCUT2D eigenvalue weighted by Crippen LogP contribution is -2.08. The summed E-state index contributed by atoms with van der Waals surface area (Å²) in [5.41, 5.74) is 1.19. The molecule has 0 saturated carbocycles. The second kappa shape index (κ2) is 11.5. The third-order valence-corrected chi connectivity index (χ3v) is 4.32. The van der Waals surface area contributed by atoms with Crippen LogP contribution in [0.2, 0.25) is 0 Å². The van der Waals surface area contributed by atoms with E-state index in [4.69, 9.17) is 18.9 Å². The number of benzene rings is 2. The molecule has 0 amide bonds. The summed E-state index contributed by atoms with van der Waals surface area (Å²) in [5, 5.41) is 20.6. The first kappa shape index (κ1) is 24.3.